The van der Waals surface area contributed by atoms with Crippen molar-refractivity contribution in [3.8, 4) is 11.5 Å². The van der Waals surface area contributed by atoms with E-state index >= 15 is 0 Å². The number of unbranched alkanes of at least 4 members (excludes halogenated alkanes) is 1. The van der Waals surface area contributed by atoms with Crippen LogP contribution in [0.2, 0.25) is 0 Å². The Kier molecular flexibility index (Phi) is 8.22. The molecule has 8 heteroatoms. The number of carbonyl (C=O) groups excluding carboxylic acids is 3. The van der Waals surface area contributed by atoms with Gasteiger partial charge in [0.15, 0.2) is 11.5 Å². The third-order valence-corrected chi connectivity index (χ3v) is 4.28. The maximum atomic E-state index is 12.4. The number of hydrogen-bond acceptors (Lipinski definition) is 5. The molecule has 0 bridgehead atoms. The number of ether oxygens (including phenoxy) is 2. The minimum Gasteiger partial charge on any atom is -0.493 e. The second-order valence-corrected chi connectivity index (χ2v) is 6.69. The molecular formula is C22H27N3O5. The van der Waals surface area contributed by atoms with Gasteiger partial charge >= 0.3 is 0 Å². The maximum absolute atomic E-state index is 12.4. The molecule has 0 radical (unpaired) electrons. The van der Waals surface area contributed by atoms with E-state index in [2.05, 4.69) is 23.1 Å². The summed E-state index contributed by atoms with van der Waals surface area (Å²) in [6, 6.07) is 9.65. The number of rotatable bonds is 8. The average molecular weight is 413 g/mol. The molecule has 0 heterocycles. The van der Waals surface area contributed by atoms with Gasteiger partial charge in [0, 0.05) is 23.7 Å². The Morgan fingerprint density at radius 1 is 0.933 bits per heavy atom. The molecule has 0 aliphatic heterocycles. The molecule has 2 aromatic carbocycles. The summed E-state index contributed by atoms with van der Waals surface area (Å²) in [5.41, 5.74) is 6.69. The van der Waals surface area contributed by atoms with Crippen LogP contribution in [0.3, 0.4) is 0 Å². The van der Waals surface area contributed by atoms with E-state index in [1.54, 1.807) is 36.4 Å². The summed E-state index contributed by atoms with van der Waals surface area (Å²) in [7, 11) is 1.50. The van der Waals surface area contributed by atoms with Crippen molar-refractivity contribution >= 4 is 23.4 Å². The lowest BCUT2D eigenvalue weighted by Gasteiger charge is -2.13. The molecule has 0 fully saturated rings. The van der Waals surface area contributed by atoms with Gasteiger partial charge in [0.2, 0.25) is 5.91 Å². The van der Waals surface area contributed by atoms with Gasteiger partial charge in [0.1, 0.15) is 0 Å². The number of hydrazine groups is 1. The van der Waals surface area contributed by atoms with Crippen molar-refractivity contribution in [1.29, 1.82) is 0 Å². The second-order valence-electron chi connectivity index (χ2n) is 6.69. The van der Waals surface area contributed by atoms with Crippen molar-refractivity contribution in [2.75, 3.05) is 19.0 Å². The van der Waals surface area contributed by atoms with Gasteiger partial charge < -0.3 is 14.8 Å². The standard InChI is InChI=1S/C22H27N3O5/c1-5-6-11-30-19-10-9-17(13-20(19)29-4)22(28)25-24-21(27)16-8-7-14(2)18(12-16)23-15(3)26/h7-10,12-13H,5-6,11H2,1-4H3,(H,23,26)(H,24,27)(H,25,28). The molecule has 0 spiro atoms. The average Bonchev–Trinajstić information content (AvgIpc) is 2.73. The first-order valence-electron chi connectivity index (χ1n) is 9.65. The smallest absolute Gasteiger partial charge is 0.269 e. The maximum Gasteiger partial charge on any atom is 0.269 e. The largest absolute Gasteiger partial charge is 0.493 e. The first kappa shape index (κ1) is 22.7. The molecule has 0 aliphatic rings. The van der Waals surface area contributed by atoms with Gasteiger partial charge in [-0.05, 0) is 49.2 Å². The zero-order valence-corrected chi connectivity index (χ0v) is 17.6. The highest BCUT2D eigenvalue weighted by atomic mass is 16.5. The Morgan fingerprint density at radius 3 is 2.17 bits per heavy atom. The summed E-state index contributed by atoms with van der Waals surface area (Å²) in [6.45, 7) is 5.84. The number of benzene rings is 2. The molecule has 0 saturated carbocycles. The summed E-state index contributed by atoms with van der Waals surface area (Å²) in [4.78, 5) is 36.1. The predicted molar refractivity (Wildman–Crippen MR) is 114 cm³/mol. The summed E-state index contributed by atoms with van der Waals surface area (Å²) in [5, 5.41) is 2.66. The fourth-order valence-electron chi connectivity index (χ4n) is 2.60. The number of nitrogens with one attached hydrogen (secondary N) is 3. The Morgan fingerprint density at radius 2 is 1.57 bits per heavy atom. The molecule has 160 valence electrons. The van der Waals surface area contributed by atoms with Gasteiger partial charge in [0.05, 0.1) is 13.7 Å². The van der Waals surface area contributed by atoms with Crippen LogP contribution in [0.25, 0.3) is 0 Å². The molecule has 0 aliphatic carbocycles. The first-order chi connectivity index (χ1) is 14.3. The van der Waals surface area contributed by atoms with Gasteiger partial charge in [-0.3, -0.25) is 25.2 Å². The van der Waals surface area contributed by atoms with Gasteiger partial charge in [-0.1, -0.05) is 19.4 Å². The summed E-state index contributed by atoms with van der Waals surface area (Å²) >= 11 is 0. The highest BCUT2D eigenvalue weighted by Gasteiger charge is 2.14. The minimum atomic E-state index is -0.513. The highest BCUT2D eigenvalue weighted by molar-refractivity contribution is 6.00. The third kappa shape index (κ3) is 6.23. The first-order valence-corrected chi connectivity index (χ1v) is 9.65. The molecule has 3 N–H and O–H groups in total. The summed E-state index contributed by atoms with van der Waals surface area (Å²) in [6.07, 6.45) is 1.93. The van der Waals surface area contributed by atoms with Crippen molar-refractivity contribution in [1.82, 2.24) is 10.9 Å². The van der Waals surface area contributed by atoms with E-state index in [0.717, 1.165) is 18.4 Å². The lowest BCUT2D eigenvalue weighted by molar-refractivity contribution is -0.114. The molecule has 0 unspecified atom stereocenters. The topological polar surface area (TPSA) is 106 Å². The molecule has 30 heavy (non-hydrogen) atoms. The minimum absolute atomic E-state index is 0.236. The third-order valence-electron chi connectivity index (χ3n) is 4.28. The number of anilines is 1. The van der Waals surface area contributed by atoms with Crippen molar-refractivity contribution in [2.24, 2.45) is 0 Å². The van der Waals surface area contributed by atoms with Crippen LogP contribution < -0.4 is 25.6 Å². The zero-order chi connectivity index (χ0) is 22.1. The van der Waals surface area contributed by atoms with Crippen molar-refractivity contribution < 1.29 is 23.9 Å². The summed E-state index contributed by atoms with van der Waals surface area (Å²) < 4.78 is 10.9. The molecule has 0 saturated heterocycles. The van der Waals surface area contributed by atoms with Crippen LogP contribution >= 0.6 is 0 Å². The lowest BCUT2D eigenvalue weighted by Crippen LogP contribution is -2.41. The van der Waals surface area contributed by atoms with E-state index in [9.17, 15) is 14.4 Å². The number of carbonyl (C=O) groups is 3. The number of methoxy groups -OCH3 is 1. The molecule has 0 aromatic heterocycles. The number of amides is 3. The Balaban J connectivity index is 2.03. The van der Waals surface area contributed by atoms with Crippen molar-refractivity contribution in [2.45, 2.75) is 33.6 Å². The Labute approximate surface area is 175 Å². The van der Waals surface area contributed by atoms with Gasteiger partial charge in [-0.25, -0.2) is 0 Å². The fraction of sp³-hybridized carbons (Fsp3) is 0.318. The second kappa shape index (κ2) is 10.8. The normalized spacial score (nSPS) is 10.1. The van der Waals surface area contributed by atoms with E-state index in [4.69, 9.17) is 9.47 Å². The van der Waals surface area contributed by atoms with Crippen LogP contribution in [-0.2, 0) is 4.79 Å². The molecule has 8 nitrogen and oxygen atoms in total. The Hall–Kier alpha value is -3.55. The van der Waals surface area contributed by atoms with E-state index in [0.29, 0.717) is 34.9 Å². The Bertz CT molecular complexity index is 927. The van der Waals surface area contributed by atoms with Crippen LogP contribution in [0.1, 0.15) is 53.0 Å². The van der Waals surface area contributed by atoms with E-state index in [-0.39, 0.29) is 5.91 Å². The van der Waals surface area contributed by atoms with Crippen LogP contribution in [-0.4, -0.2) is 31.4 Å². The van der Waals surface area contributed by atoms with Crippen LogP contribution in [0.5, 0.6) is 11.5 Å². The van der Waals surface area contributed by atoms with Crippen LogP contribution in [0, 0.1) is 6.92 Å². The predicted octanol–water partition coefficient (Wildman–Crippen LogP) is 3.22. The molecular weight excluding hydrogens is 386 g/mol. The molecule has 2 aromatic rings. The van der Waals surface area contributed by atoms with E-state index in [1.165, 1.54) is 14.0 Å². The summed E-state index contributed by atoms with van der Waals surface area (Å²) in [5.74, 6) is -0.266. The van der Waals surface area contributed by atoms with Crippen LogP contribution in [0.15, 0.2) is 36.4 Å². The number of aryl methyl sites for hydroxylation is 1. The van der Waals surface area contributed by atoms with E-state index < -0.39 is 11.8 Å². The SMILES string of the molecule is CCCCOc1ccc(C(=O)NNC(=O)c2ccc(C)c(NC(C)=O)c2)cc1OC. The zero-order valence-electron chi connectivity index (χ0n) is 17.6. The van der Waals surface area contributed by atoms with Crippen molar-refractivity contribution in [3.05, 3.63) is 53.1 Å². The van der Waals surface area contributed by atoms with Crippen LogP contribution in [0.4, 0.5) is 5.69 Å². The van der Waals surface area contributed by atoms with Crippen molar-refractivity contribution in [3.63, 3.8) is 0 Å². The van der Waals surface area contributed by atoms with E-state index in [1.807, 2.05) is 6.92 Å². The number of hydrogen-bond donors (Lipinski definition) is 3. The van der Waals surface area contributed by atoms with Gasteiger partial charge in [-0.15, -0.1) is 0 Å². The lowest BCUT2D eigenvalue weighted by atomic mass is 10.1. The van der Waals surface area contributed by atoms with Gasteiger partial charge in [0.25, 0.3) is 11.8 Å². The van der Waals surface area contributed by atoms with Gasteiger partial charge in [-0.2, -0.15) is 0 Å². The highest BCUT2D eigenvalue weighted by Crippen LogP contribution is 2.28. The molecule has 3 amide bonds. The quantitative estimate of drug-likeness (QED) is 0.455. The molecule has 0 atom stereocenters. The fourth-order valence-corrected chi connectivity index (χ4v) is 2.60. The molecule has 2 rings (SSSR count). The monoisotopic (exact) mass is 413 g/mol.